The highest BCUT2D eigenvalue weighted by atomic mass is 16.6. The van der Waals surface area contributed by atoms with Crippen LogP contribution in [-0.4, -0.2) is 37.3 Å². The average Bonchev–Trinajstić information content (AvgIpc) is 2.27. The average molecular weight is 242 g/mol. The van der Waals surface area contributed by atoms with E-state index in [1.165, 1.54) is 6.07 Å². The zero-order valence-electron chi connectivity index (χ0n) is 8.55. The third-order valence-electron chi connectivity index (χ3n) is 2.05. The zero-order chi connectivity index (χ0) is 13.0. The van der Waals surface area contributed by atoms with E-state index in [4.69, 9.17) is 5.11 Å². The van der Waals surface area contributed by atoms with Gasteiger partial charge in [-0.2, -0.15) is 0 Å². The maximum atomic E-state index is 10.3. The number of nitro groups is 1. The number of aliphatic carboxylic acids is 1. The summed E-state index contributed by atoms with van der Waals surface area (Å²) >= 11 is 0. The minimum Gasteiger partial charge on any atom is -0.481 e. The molecular formula is C9H10N2O6. The number of carboxylic acids is 1. The van der Waals surface area contributed by atoms with Gasteiger partial charge in [-0.05, 0) is 16.0 Å². The van der Waals surface area contributed by atoms with E-state index in [0.717, 1.165) is 12.3 Å². The molecule has 8 heteroatoms. The summed E-state index contributed by atoms with van der Waals surface area (Å²) in [7, 11) is 0. The summed E-state index contributed by atoms with van der Waals surface area (Å²) in [6.45, 7) is 0. The number of pyridine rings is 1. The predicted molar refractivity (Wildman–Crippen MR) is 54.1 cm³/mol. The number of hydrogen-bond donors (Lipinski definition) is 3. The molecular weight excluding hydrogens is 232 g/mol. The van der Waals surface area contributed by atoms with Crippen LogP contribution in [0.1, 0.15) is 18.1 Å². The number of carboxylic acid groups (broad SMARTS) is 1. The van der Waals surface area contributed by atoms with Crippen molar-refractivity contribution in [2.24, 2.45) is 0 Å². The van der Waals surface area contributed by atoms with Crippen molar-refractivity contribution < 1.29 is 25.0 Å². The predicted octanol–water partition coefficient (Wildman–Crippen LogP) is -0.141. The molecule has 1 rings (SSSR count). The second-order valence-corrected chi connectivity index (χ2v) is 3.32. The van der Waals surface area contributed by atoms with Crippen LogP contribution in [0.2, 0.25) is 0 Å². The van der Waals surface area contributed by atoms with Crippen molar-refractivity contribution in [2.75, 3.05) is 0 Å². The van der Waals surface area contributed by atoms with Crippen LogP contribution < -0.4 is 0 Å². The minimum atomic E-state index is -1.49. The van der Waals surface area contributed by atoms with E-state index < -0.39 is 35.3 Å². The van der Waals surface area contributed by atoms with Gasteiger partial charge in [-0.25, -0.2) is 0 Å². The number of aliphatic hydroxyl groups excluding tert-OH is 2. The van der Waals surface area contributed by atoms with Gasteiger partial charge in [0.25, 0.3) is 0 Å². The Kier molecular flexibility index (Phi) is 4.07. The molecule has 8 nitrogen and oxygen atoms in total. The molecule has 1 aromatic rings. The summed E-state index contributed by atoms with van der Waals surface area (Å²) in [5.74, 6) is -1.65. The Balaban J connectivity index is 2.78. The van der Waals surface area contributed by atoms with Crippen LogP contribution in [0.5, 0.6) is 0 Å². The molecule has 3 N–H and O–H groups in total. The zero-order valence-corrected chi connectivity index (χ0v) is 8.55. The Bertz CT molecular complexity index is 418. The van der Waals surface area contributed by atoms with Gasteiger partial charge >= 0.3 is 11.8 Å². The molecule has 1 heterocycles. The molecule has 0 aliphatic heterocycles. The summed E-state index contributed by atoms with van der Waals surface area (Å²) in [5, 5.41) is 37.6. The van der Waals surface area contributed by atoms with Gasteiger partial charge in [-0.15, -0.1) is 0 Å². The van der Waals surface area contributed by atoms with Crippen molar-refractivity contribution in [1.29, 1.82) is 0 Å². The fourth-order valence-corrected chi connectivity index (χ4v) is 1.19. The highest BCUT2D eigenvalue weighted by molar-refractivity contribution is 5.67. The molecule has 0 saturated heterocycles. The van der Waals surface area contributed by atoms with E-state index >= 15 is 0 Å². The molecule has 1 aromatic heterocycles. The van der Waals surface area contributed by atoms with Gasteiger partial charge in [-0.1, -0.05) is 0 Å². The number of carbonyl (C=O) groups is 1. The fourth-order valence-electron chi connectivity index (χ4n) is 1.19. The number of nitrogens with zero attached hydrogens (tertiary/aromatic N) is 2. The van der Waals surface area contributed by atoms with E-state index in [-0.39, 0.29) is 5.56 Å². The molecule has 0 aliphatic carbocycles. The lowest BCUT2D eigenvalue weighted by molar-refractivity contribution is -0.389. The van der Waals surface area contributed by atoms with Crippen molar-refractivity contribution in [3.05, 3.63) is 34.0 Å². The SMILES string of the molecule is O=C(O)CC(O)C(O)c1ccc([N+](=O)[O-])nc1. The van der Waals surface area contributed by atoms with Crippen molar-refractivity contribution in [1.82, 2.24) is 4.98 Å². The molecule has 17 heavy (non-hydrogen) atoms. The summed E-state index contributed by atoms with van der Waals surface area (Å²) in [6, 6.07) is 2.27. The molecule has 0 amide bonds. The molecule has 0 spiro atoms. The van der Waals surface area contributed by atoms with Gasteiger partial charge in [0.15, 0.2) is 0 Å². The first kappa shape index (κ1) is 13.0. The third kappa shape index (κ3) is 3.47. The third-order valence-corrected chi connectivity index (χ3v) is 2.05. The monoisotopic (exact) mass is 242 g/mol. The molecule has 0 aliphatic rings. The first-order valence-electron chi connectivity index (χ1n) is 4.60. The first-order chi connectivity index (χ1) is 7.91. The second-order valence-electron chi connectivity index (χ2n) is 3.32. The first-order valence-corrected chi connectivity index (χ1v) is 4.60. The lowest BCUT2D eigenvalue weighted by atomic mass is 10.0. The molecule has 0 saturated carbocycles. The molecule has 2 atom stereocenters. The van der Waals surface area contributed by atoms with Crippen molar-refractivity contribution in [3.63, 3.8) is 0 Å². The minimum absolute atomic E-state index is 0.115. The maximum Gasteiger partial charge on any atom is 0.363 e. The van der Waals surface area contributed by atoms with Gasteiger partial charge in [0.2, 0.25) is 0 Å². The Labute approximate surface area is 95.3 Å². The molecule has 92 valence electrons. The van der Waals surface area contributed by atoms with Gasteiger partial charge in [0, 0.05) is 11.6 Å². The smallest absolute Gasteiger partial charge is 0.363 e. The van der Waals surface area contributed by atoms with Crippen LogP contribution in [0, 0.1) is 10.1 Å². The summed E-state index contributed by atoms with van der Waals surface area (Å²) < 4.78 is 0. The number of hydrogen-bond acceptors (Lipinski definition) is 6. The Morgan fingerprint density at radius 2 is 2.12 bits per heavy atom. The van der Waals surface area contributed by atoms with E-state index in [1.807, 2.05) is 0 Å². The highest BCUT2D eigenvalue weighted by Gasteiger charge is 2.22. The van der Waals surface area contributed by atoms with Crippen LogP contribution in [-0.2, 0) is 4.79 Å². The number of aliphatic hydroxyl groups is 2. The lowest BCUT2D eigenvalue weighted by Crippen LogP contribution is -2.21. The highest BCUT2D eigenvalue weighted by Crippen LogP contribution is 2.19. The van der Waals surface area contributed by atoms with E-state index in [9.17, 15) is 25.1 Å². The molecule has 2 unspecified atom stereocenters. The standard InChI is InChI=1S/C9H10N2O6/c12-6(3-8(13)14)9(15)5-1-2-7(10-4-5)11(16)17/h1-2,4,6,9,12,15H,3H2,(H,13,14). The fraction of sp³-hybridized carbons (Fsp3) is 0.333. The summed E-state index contributed by atoms with van der Waals surface area (Å²) in [5.41, 5.74) is 0.115. The van der Waals surface area contributed by atoms with E-state index in [0.29, 0.717) is 0 Å². The van der Waals surface area contributed by atoms with Gasteiger partial charge in [0.05, 0.1) is 12.5 Å². The van der Waals surface area contributed by atoms with Crippen molar-refractivity contribution in [2.45, 2.75) is 18.6 Å². The van der Waals surface area contributed by atoms with Crippen molar-refractivity contribution >= 4 is 11.8 Å². The van der Waals surface area contributed by atoms with Gasteiger partial charge in [-0.3, -0.25) is 4.79 Å². The van der Waals surface area contributed by atoms with Gasteiger partial charge < -0.3 is 25.4 Å². The normalized spacial score (nSPS) is 14.0. The van der Waals surface area contributed by atoms with Crippen LogP contribution in [0.25, 0.3) is 0 Å². The molecule has 0 radical (unpaired) electrons. The van der Waals surface area contributed by atoms with Gasteiger partial charge in [0.1, 0.15) is 12.3 Å². The Morgan fingerprint density at radius 1 is 1.47 bits per heavy atom. The van der Waals surface area contributed by atoms with Crippen molar-refractivity contribution in [3.8, 4) is 0 Å². The quantitative estimate of drug-likeness (QED) is 0.483. The summed E-state index contributed by atoms with van der Waals surface area (Å²) in [4.78, 5) is 23.4. The molecule has 0 bridgehead atoms. The van der Waals surface area contributed by atoms with E-state index in [1.54, 1.807) is 0 Å². The van der Waals surface area contributed by atoms with Crippen LogP contribution in [0.15, 0.2) is 18.3 Å². The number of aromatic nitrogens is 1. The molecule has 0 aromatic carbocycles. The topological polar surface area (TPSA) is 134 Å². The van der Waals surface area contributed by atoms with Crippen LogP contribution in [0.4, 0.5) is 5.82 Å². The van der Waals surface area contributed by atoms with E-state index in [2.05, 4.69) is 4.98 Å². The number of rotatable bonds is 5. The second kappa shape index (κ2) is 5.32. The Morgan fingerprint density at radius 3 is 2.53 bits per heavy atom. The largest absolute Gasteiger partial charge is 0.481 e. The van der Waals surface area contributed by atoms with Crippen LogP contribution in [0.3, 0.4) is 0 Å². The lowest BCUT2D eigenvalue weighted by Gasteiger charge is -2.14. The Hall–Kier alpha value is -2.06. The summed E-state index contributed by atoms with van der Waals surface area (Å²) in [6.07, 6.45) is -2.54. The maximum absolute atomic E-state index is 10.3. The molecule has 0 fully saturated rings. The van der Waals surface area contributed by atoms with Crippen LogP contribution >= 0.6 is 0 Å².